The quantitative estimate of drug-likeness (QED) is 0.472. The summed E-state index contributed by atoms with van der Waals surface area (Å²) < 4.78 is 5.55. The van der Waals surface area contributed by atoms with E-state index in [0.717, 1.165) is 16.5 Å². The predicted molar refractivity (Wildman–Crippen MR) is 85.6 cm³/mol. The molecule has 0 amide bonds. The minimum Gasteiger partial charge on any atom is -0.416 e. The first-order valence-electron chi connectivity index (χ1n) is 7.10. The van der Waals surface area contributed by atoms with Gasteiger partial charge >= 0.3 is 0 Å². The van der Waals surface area contributed by atoms with Crippen molar-refractivity contribution in [2.24, 2.45) is 0 Å². The van der Waals surface area contributed by atoms with Crippen LogP contribution in [-0.4, -0.2) is 24.9 Å². The van der Waals surface area contributed by atoms with E-state index in [0.29, 0.717) is 28.2 Å². The molecule has 6 heteroatoms. The Morgan fingerprint density at radius 1 is 0.696 bits per heavy atom. The highest BCUT2D eigenvalue weighted by Gasteiger charge is 2.13. The summed E-state index contributed by atoms with van der Waals surface area (Å²) in [4.78, 5) is 21.8. The number of fused-ring (bicyclic) bond motifs is 4. The molecule has 108 valence electrons. The van der Waals surface area contributed by atoms with E-state index in [1.807, 2.05) is 36.5 Å². The van der Waals surface area contributed by atoms with Gasteiger partial charge in [0, 0.05) is 24.0 Å². The Hall–Kier alpha value is -3.41. The zero-order valence-electron chi connectivity index (χ0n) is 11.8. The Bertz CT molecular complexity index is 1180. The molecule has 6 nitrogen and oxygen atoms in total. The van der Waals surface area contributed by atoms with Crippen LogP contribution < -0.4 is 0 Å². The van der Waals surface area contributed by atoms with Gasteiger partial charge in [-0.25, -0.2) is 19.9 Å². The zero-order valence-corrected chi connectivity index (χ0v) is 11.8. The van der Waals surface area contributed by atoms with Gasteiger partial charge < -0.3 is 4.42 Å². The van der Waals surface area contributed by atoms with Gasteiger partial charge in [0.15, 0.2) is 11.0 Å². The Balaban J connectivity index is 1.76. The van der Waals surface area contributed by atoms with E-state index >= 15 is 0 Å². The molecule has 4 heterocycles. The van der Waals surface area contributed by atoms with Crippen LogP contribution in [0.3, 0.4) is 0 Å². The minimum absolute atomic E-state index is 0.427. The van der Waals surface area contributed by atoms with Crippen molar-refractivity contribution >= 4 is 33.2 Å². The topological polar surface area (TPSA) is 77.6 Å². The first-order chi connectivity index (χ1) is 11.4. The van der Waals surface area contributed by atoms with Crippen molar-refractivity contribution in [1.82, 2.24) is 24.9 Å². The Labute approximate surface area is 129 Å². The largest absolute Gasteiger partial charge is 0.416 e. The smallest absolute Gasteiger partial charge is 0.249 e. The third-order valence-electron chi connectivity index (χ3n) is 3.71. The van der Waals surface area contributed by atoms with E-state index in [4.69, 9.17) is 4.42 Å². The molecule has 0 atom stereocenters. The molecule has 1 aromatic carbocycles. The SMILES string of the molecule is c1ccc2cc(-c3cnc4oc5nccnc5c4n3)ncc2c1. The van der Waals surface area contributed by atoms with Crippen LogP contribution in [0, 0.1) is 0 Å². The number of hydrogen-bond acceptors (Lipinski definition) is 6. The molecule has 0 spiro atoms. The van der Waals surface area contributed by atoms with Crippen LogP contribution >= 0.6 is 0 Å². The second-order valence-corrected chi connectivity index (χ2v) is 5.14. The van der Waals surface area contributed by atoms with Crippen molar-refractivity contribution in [2.75, 3.05) is 0 Å². The second kappa shape index (κ2) is 4.54. The lowest BCUT2D eigenvalue weighted by atomic mass is 10.1. The summed E-state index contributed by atoms with van der Waals surface area (Å²) in [6.07, 6.45) is 6.68. The van der Waals surface area contributed by atoms with Gasteiger partial charge in [-0.1, -0.05) is 24.3 Å². The van der Waals surface area contributed by atoms with Crippen molar-refractivity contribution in [2.45, 2.75) is 0 Å². The van der Waals surface area contributed by atoms with Crippen LogP contribution in [0.25, 0.3) is 44.6 Å². The van der Waals surface area contributed by atoms with Gasteiger partial charge in [0.05, 0.1) is 11.9 Å². The Morgan fingerprint density at radius 2 is 1.52 bits per heavy atom. The summed E-state index contributed by atoms with van der Waals surface area (Å²) in [7, 11) is 0. The number of nitrogens with zero attached hydrogens (tertiary/aromatic N) is 5. The first kappa shape index (κ1) is 12.2. The summed E-state index contributed by atoms with van der Waals surface area (Å²) in [6.45, 7) is 0. The summed E-state index contributed by atoms with van der Waals surface area (Å²) in [5, 5.41) is 2.20. The standard InChI is InChI=1S/C17H9N5O/c1-2-4-11-8-20-12(7-10(11)3-1)13-9-21-17-15(22-13)14-16(23-17)19-6-5-18-14/h1-9H. The maximum Gasteiger partial charge on any atom is 0.249 e. The van der Waals surface area contributed by atoms with Crippen LogP contribution in [0.1, 0.15) is 0 Å². The monoisotopic (exact) mass is 299 g/mol. The summed E-state index contributed by atoms with van der Waals surface area (Å²) in [6, 6.07) is 10.1. The summed E-state index contributed by atoms with van der Waals surface area (Å²) in [5.41, 5.74) is 3.51. The lowest BCUT2D eigenvalue weighted by Gasteiger charge is -2.02. The lowest BCUT2D eigenvalue weighted by molar-refractivity contribution is 0.638. The highest BCUT2D eigenvalue weighted by molar-refractivity contribution is 5.97. The fourth-order valence-electron chi connectivity index (χ4n) is 2.61. The van der Waals surface area contributed by atoms with Crippen LogP contribution in [0.4, 0.5) is 0 Å². The van der Waals surface area contributed by atoms with Gasteiger partial charge in [0.1, 0.15) is 5.69 Å². The van der Waals surface area contributed by atoms with Crippen molar-refractivity contribution < 1.29 is 4.42 Å². The van der Waals surface area contributed by atoms with E-state index in [2.05, 4.69) is 24.9 Å². The van der Waals surface area contributed by atoms with Crippen molar-refractivity contribution in [3.8, 4) is 11.4 Å². The second-order valence-electron chi connectivity index (χ2n) is 5.14. The molecule has 0 unspecified atom stereocenters. The van der Waals surface area contributed by atoms with E-state index in [9.17, 15) is 0 Å². The van der Waals surface area contributed by atoms with E-state index < -0.39 is 0 Å². The van der Waals surface area contributed by atoms with Crippen LogP contribution in [0.5, 0.6) is 0 Å². The van der Waals surface area contributed by atoms with E-state index in [1.54, 1.807) is 18.6 Å². The third kappa shape index (κ3) is 1.85. The third-order valence-corrected chi connectivity index (χ3v) is 3.71. The maximum atomic E-state index is 5.55. The van der Waals surface area contributed by atoms with E-state index in [-0.39, 0.29) is 0 Å². The van der Waals surface area contributed by atoms with Crippen LogP contribution in [-0.2, 0) is 0 Å². The van der Waals surface area contributed by atoms with Gasteiger partial charge in [0.2, 0.25) is 11.4 Å². The molecule has 5 aromatic rings. The molecule has 0 aliphatic carbocycles. The summed E-state index contributed by atoms with van der Waals surface area (Å²) >= 11 is 0. The van der Waals surface area contributed by atoms with E-state index in [1.165, 1.54) is 0 Å². The zero-order chi connectivity index (χ0) is 15.2. The van der Waals surface area contributed by atoms with Crippen molar-refractivity contribution in [3.05, 3.63) is 55.1 Å². The van der Waals surface area contributed by atoms with Crippen LogP contribution in [0.15, 0.2) is 59.5 Å². The highest BCUT2D eigenvalue weighted by atomic mass is 16.3. The number of aromatic nitrogens is 5. The molecule has 0 bridgehead atoms. The van der Waals surface area contributed by atoms with Gasteiger partial charge in [-0.15, -0.1) is 0 Å². The molecule has 23 heavy (non-hydrogen) atoms. The molecule has 5 rings (SSSR count). The molecule has 0 N–H and O–H groups in total. The summed E-state index contributed by atoms with van der Waals surface area (Å²) in [5.74, 6) is 0. The molecule has 0 fully saturated rings. The molecule has 0 aliphatic heterocycles. The van der Waals surface area contributed by atoms with Gasteiger partial charge in [-0.2, -0.15) is 0 Å². The Kier molecular flexibility index (Phi) is 2.40. The van der Waals surface area contributed by atoms with Crippen molar-refractivity contribution in [1.29, 1.82) is 0 Å². The van der Waals surface area contributed by atoms with Gasteiger partial charge in [0.25, 0.3) is 0 Å². The number of benzene rings is 1. The molecular weight excluding hydrogens is 290 g/mol. The van der Waals surface area contributed by atoms with Crippen LogP contribution in [0.2, 0.25) is 0 Å². The minimum atomic E-state index is 0.427. The molecular formula is C17H9N5O. The fraction of sp³-hybridized carbons (Fsp3) is 0. The lowest BCUT2D eigenvalue weighted by Crippen LogP contribution is -1.90. The number of rotatable bonds is 1. The average Bonchev–Trinajstić information content (AvgIpc) is 2.99. The number of hydrogen-bond donors (Lipinski definition) is 0. The van der Waals surface area contributed by atoms with Gasteiger partial charge in [-0.05, 0) is 11.5 Å². The first-order valence-corrected chi connectivity index (χ1v) is 7.10. The maximum absolute atomic E-state index is 5.55. The molecule has 0 saturated carbocycles. The molecule has 4 aromatic heterocycles. The molecule has 0 aliphatic rings. The molecule has 0 saturated heterocycles. The van der Waals surface area contributed by atoms with Crippen molar-refractivity contribution in [3.63, 3.8) is 0 Å². The molecule has 0 radical (unpaired) electrons. The highest BCUT2D eigenvalue weighted by Crippen LogP contribution is 2.25. The normalized spacial score (nSPS) is 11.5. The number of pyridine rings is 1. The fourth-order valence-corrected chi connectivity index (χ4v) is 2.61. The number of furan rings is 1. The van der Waals surface area contributed by atoms with Gasteiger partial charge in [-0.3, -0.25) is 4.98 Å². The average molecular weight is 299 g/mol. The Morgan fingerprint density at radius 3 is 2.48 bits per heavy atom. The predicted octanol–water partition coefficient (Wildman–Crippen LogP) is 3.38.